The minimum absolute atomic E-state index is 0. The third-order valence-electron chi connectivity index (χ3n) is 6.00. The molecule has 4 nitrogen and oxygen atoms in total. The predicted octanol–water partition coefficient (Wildman–Crippen LogP) is 8.44. The fraction of sp³-hybridized carbons (Fsp3) is 0.182. The van der Waals surface area contributed by atoms with E-state index in [4.69, 9.17) is 12.6 Å². The van der Waals surface area contributed by atoms with Crippen molar-refractivity contribution in [1.29, 1.82) is 0 Å². The van der Waals surface area contributed by atoms with Gasteiger partial charge in [-0.05, 0) is 54.8 Å². The monoisotopic (exact) mass is 682 g/mol. The van der Waals surface area contributed by atoms with Gasteiger partial charge in [0.15, 0.2) is 0 Å². The Bertz CT molecular complexity index is 1820. The molecular formula is C33H29IrN3O-2. The quantitative estimate of drug-likeness (QED) is 0.176. The summed E-state index contributed by atoms with van der Waals surface area (Å²) < 4.78 is 49.7. The number of fused-ring (bicyclic) bond motifs is 3. The van der Waals surface area contributed by atoms with Gasteiger partial charge in [0.1, 0.15) is 0 Å². The van der Waals surface area contributed by atoms with Crippen LogP contribution in [-0.2, 0) is 20.1 Å². The summed E-state index contributed by atoms with van der Waals surface area (Å²) in [5, 5.41) is 2.08. The zero-order chi connectivity index (χ0) is 30.9. The molecule has 0 N–H and O–H groups in total. The summed E-state index contributed by atoms with van der Waals surface area (Å²) >= 11 is 0. The van der Waals surface area contributed by atoms with E-state index in [-0.39, 0.29) is 31.2 Å². The van der Waals surface area contributed by atoms with Gasteiger partial charge in [0.25, 0.3) is 0 Å². The van der Waals surface area contributed by atoms with Gasteiger partial charge in [0, 0.05) is 51.8 Å². The molecule has 4 heterocycles. The number of benzene rings is 2. The molecule has 0 spiro atoms. The molecule has 38 heavy (non-hydrogen) atoms. The van der Waals surface area contributed by atoms with Crippen LogP contribution >= 0.6 is 0 Å². The Kier molecular flexibility index (Phi) is 6.31. The van der Waals surface area contributed by atoms with Gasteiger partial charge in [0.05, 0.1) is 5.58 Å². The van der Waals surface area contributed by atoms with E-state index in [1.54, 1.807) is 12.1 Å². The van der Waals surface area contributed by atoms with Gasteiger partial charge in [-0.3, -0.25) is 0 Å². The molecule has 0 bridgehead atoms. The van der Waals surface area contributed by atoms with Gasteiger partial charge < -0.3 is 14.4 Å². The summed E-state index contributed by atoms with van der Waals surface area (Å²) in [6.45, 7) is 1.98. The van der Waals surface area contributed by atoms with Crippen molar-refractivity contribution >= 4 is 22.1 Å². The molecule has 0 saturated carbocycles. The standard InChI is InChI=1S/C20H17N2O.C13H12N.Ir/c1-12(2)14-9-10-21-18(11-14)17-6-4-5-15-16-8-7-13(3)22-20(16)23-19(15)17;1-10-3-6-12(7-4-10)13-8-5-11(2)9-14-13;/h4-5,7-12H,1-3H3;3-6,8-9H,1-2H3;/q2*-1;/i;1D3,2D3;. The Morgan fingerprint density at radius 3 is 2.42 bits per heavy atom. The van der Waals surface area contributed by atoms with Gasteiger partial charge in [-0.1, -0.05) is 55.4 Å². The zero-order valence-electron chi connectivity index (χ0n) is 27.2. The smallest absolute Gasteiger partial charge is 0.216 e. The number of nitrogens with zero attached hydrogens (tertiary/aromatic N) is 3. The molecule has 5 heteroatoms. The summed E-state index contributed by atoms with van der Waals surface area (Å²) in [5.74, 6) is 0.455. The summed E-state index contributed by atoms with van der Waals surface area (Å²) in [5.41, 5.74) is 6.99. The first-order chi connectivity index (χ1) is 20.3. The van der Waals surface area contributed by atoms with E-state index in [2.05, 4.69) is 59.1 Å². The van der Waals surface area contributed by atoms with Crippen LogP contribution < -0.4 is 0 Å². The van der Waals surface area contributed by atoms with Crippen molar-refractivity contribution in [3.05, 3.63) is 114 Å². The van der Waals surface area contributed by atoms with Crippen molar-refractivity contribution in [3.8, 4) is 22.5 Å². The van der Waals surface area contributed by atoms with E-state index in [1.165, 1.54) is 30.0 Å². The molecule has 1 radical (unpaired) electrons. The number of aromatic nitrogens is 3. The number of aryl methyl sites for hydroxylation is 3. The molecule has 0 amide bonds. The number of rotatable bonds is 3. The summed E-state index contributed by atoms with van der Waals surface area (Å²) in [6.07, 6.45) is 3.15. The first-order valence-electron chi connectivity index (χ1n) is 15.0. The molecule has 6 rings (SSSR count). The van der Waals surface area contributed by atoms with E-state index in [1.807, 2.05) is 31.3 Å². The summed E-state index contributed by atoms with van der Waals surface area (Å²) in [4.78, 5) is 13.1. The molecule has 2 aromatic carbocycles. The normalized spacial score (nSPS) is 13.8. The van der Waals surface area contributed by atoms with Crippen molar-refractivity contribution < 1.29 is 32.7 Å². The average Bonchev–Trinajstić information content (AvgIpc) is 3.34. The number of hydrogen-bond donors (Lipinski definition) is 0. The van der Waals surface area contributed by atoms with Crippen LogP contribution in [0.15, 0.2) is 83.5 Å². The minimum Gasteiger partial charge on any atom is -0.486 e. The Hall–Kier alpha value is -3.66. The zero-order valence-corrected chi connectivity index (χ0v) is 23.6. The largest absolute Gasteiger partial charge is 0.486 e. The second-order valence-corrected chi connectivity index (χ2v) is 9.06. The summed E-state index contributed by atoms with van der Waals surface area (Å²) in [7, 11) is 0. The molecule has 0 fully saturated rings. The van der Waals surface area contributed by atoms with Crippen molar-refractivity contribution in [2.24, 2.45) is 0 Å². The van der Waals surface area contributed by atoms with Gasteiger partial charge >= 0.3 is 0 Å². The summed E-state index contributed by atoms with van der Waals surface area (Å²) in [6, 6.07) is 25.9. The Morgan fingerprint density at radius 2 is 1.71 bits per heavy atom. The third-order valence-corrected chi connectivity index (χ3v) is 6.00. The average molecular weight is 682 g/mol. The molecule has 0 saturated heterocycles. The van der Waals surface area contributed by atoms with Gasteiger partial charge in [-0.2, -0.15) is 0 Å². The maximum absolute atomic E-state index is 7.28. The Labute approximate surface area is 246 Å². The molecule has 0 atom stereocenters. The van der Waals surface area contributed by atoms with Crippen LogP contribution in [0.25, 0.3) is 44.6 Å². The minimum atomic E-state index is -2.18. The van der Waals surface area contributed by atoms with Crippen molar-refractivity contribution in [1.82, 2.24) is 15.0 Å². The maximum Gasteiger partial charge on any atom is 0.216 e. The van der Waals surface area contributed by atoms with Crippen LogP contribution in [0.4, 0.5) is 0 Å². The van der Waals surface area contributed by atoms with Crippen LogP contribution in [-0.4, -0.2) is 15.0 Å². The second-order valence-electron chi connectivity index (χ2n) is 9.06. The first-order valence-corrected chi connectivity index (χ1v) is 12.0. The van der Waals surface area contributed by atoms with E-state index >= 15 is 0 Å². The molecule has 0 unspecified atom stereocenters. The molecular weight excluding hydrogens is 647 g/mol. The number of hydrogen-bond acceptors (Lipinski definition) is 4. The fourth-order valence-corrected chi connectivity index (χ4v) is 3.99. The molecule has 0 aliphatic carbocycles. The van der Waals surface area contributed by atoms with Crippen LogP contribution in [0.2, 0.25) is 0 Å². The van der Waals surface area contributed by atoms with Crippen LogP contribution in [0.3, 0.4) is 0 Å². The first kappa shape index (κ1) is 20.3. The SMILES string of the molecule is Cc1ccc2c(n1)oc1c(-c3cc(C(C)C)ccn3)[c-]ccc12.[2H]C([2H])([2H])c1c[c-]c(-c2ccc(C([2H])([2H])[2H])cn2)cc1.[Ir]. The topological polar surface area (TPSA) is 51.8 Å². The van der Waals surface area contributed by atoms with E-state index < -0.39 is 13.7 Å². The third kappa shape index (κ3) is 5.91. The fourth-order valence-electron chi connectivity index (χ4n) is 3.99. The molecule has 4 aromatic heterocycles. The van der Waals surface area contributed by atoms with Crippen molar-refractivity contribution in [2.75, 3.05) is 0 Å². The van der Waals surface area contributed by atoms with Crippen molar-refractivity contribution in [2.45, 2.75) is 40.4 Å². The number of furan rings is 1. The molecule has 0 aliphatic heterocycles. The van der Waals surface area contributed by atoms with Crippen LogP contribution in [0.1, 0.15) is 50.4 Å². The van der Waals surface area contributed by atoms with Gasteiger partial charge in [-0.15, -0.1) is 53.6 Å². The van der Waals surface area contributed by atoms with Crippen LogP contribution in [0, 0.1) is 32.8 Å². The molecule has 0 aliphatic rings. The van der Waals surface area contributed by atoms with E-state index in [0.29, 0.717) is 22.9 Å². The van der Waals surface area contributed by atoms with Gasteiger partial charge in [0.2, 0.25) is 5.71 Å². The van der Waals surface area contributed by atoms with Crippen molar-refractivity contribution in [3.63, 3.8) is 0 Å². The number of pyridine rings is 3. The van der Waals surface area contributed by atoms with Crippen LogP contribution in [0.5, 0.6) is 0 Å². The molecule has 193 valence electrons. The Morgan fingerprint density at radius 1 is 0.868 bits per heavy atom. The predicted molar refractivity (Wildman–Crippen MR) is 150 cm³/mol. The van der Waals surface area contributed by atoms with E-state index in [0.717, 1.165) is 33.3 Å². The second kappa shape index (κ2) is 11.8. The molecule has 6 aromatic rings. The Balaban J connectivity index is 0.000000199. The van der Waals surface area contributed by atoms with E-state index in [9.17, 15) is 0 Å². The van der Waals surface area contributed by atoms with Gasteiger partial charge in [-0.25, -0.2) is 4.98 Å². The maximum atomic E-state index is 7.28.